The zero-order valence-electron chi connectivity index (χ0n) is 8.29. The van der Waals surface area contributed by atoms with Gasteiger partial charge in [0.1, 0.15) is 0 Å². The van der Waals surface area contributed by atoms with E-state index in [1.807, 2.05) is 0 Å². The predicted octanol–water partition coefficient (Wildman–Crippen LogP) is 3.61. The number of hydrogen-bond acceptors (Lipinski definition) is 0. The molecule has 2 aliphatic carbocycles. The van der Waals surface area contributed by atoms with Gasteiger partial charge in [0, 0.05) is 0 Å². The van der Waals surface area contributed by atoms with Gasteiger partial charge in [-0.1, -0.05) is 36.4 Å². The monoisotopic (exact) mass is 182 g/mol. The van der Waals surface area contributed by atoms with Crippen molar-refractivity contribution in [3.8, 4) is 0 Å². The summed E-state index contributed by atoms with van der Waals surface area (Å²) in [7, 11) is 0. The van der Waals surface area contributed by atoms with E-state index >= 15 is 0 Å². The molecule has 0 atom stereocenters. The summed E-state index contributed by atoms with van der Waals surface area (Å²) in [6, 6.07) is 4.58. The quantitative estimate of drug-likeness (QED) is 0.575. The minimum Gasteiger partial charge on any atom is -0.0836 e. The predicted molar refractivity (Wildman–Crippen MR) is 61.2 cm³/mol. The van der Waals surface area contributed by atoms with E-state index in [9.17, 15) is 0 Å². The largest absolute Gasteiger partial charge is 0.0836 e. The van der Waals surface area contributed by atoms with Crippen molar-refractivity contribution in [2.24, 2.45) is 0 Å². The van der Waals surface area contributed by atoms with Crippen LogP contribution in [0.25, 0.3) is 12.2 Å². The van der Waals surface area contributed by atoms with E-state index in [2.05, 4.69) is 36.4 Å². The van der Waals surface area contributed by atoms with Crippen LogP contribution in [0.4, 0.5) is 0 Å². The average molecular weight is 182 g/mol. The average Bonchev–Trinajstić information content (AvgIpc) is 2.29. The molecule has 0 aliphatic heterocycles. The molecular formula is C14H14. The van der Waals surface area contributed by atoms with Crippen LogP contribution < -0.4 is 0 Å². The third kappa shape index (κ3) is 1.14. The van der Waals surface area contributed by atoms with Crippen LogP contribution in [0, 0.1) is 0 Å². The molecule has 0 saturated heterocycles. The first-order chi connectivity index (χ1) is 6.95. The molecule has 0 saturated carbocycles. The standard InChI is InChI=1S/C14H14/c1-3-7-13-11(5-1)9-10-12-6-2-4-8-14(12)13/h1,4-5,8-10H,2-3,6-7H2. The van der Waals surface area contributed by atoms with Gasteiger partial charge in [-0.2, -0.15) is 0 Å². The van der Waals surface area contributed by atoms with Crippen molar-refractivity contribution < 1.29 is 0 Å². The van der Waals surface area contributed by atoms with Gasteiger partial charge < -0.3 is 0 Å². The second kappa shape index (κ2) is 3.13. The molecular weight excluding hydrogens is 168 g/mol. The lowest BCUT2D eigenvalue weighted by Gasteiger charge is -2.19. The maximum Gasteiger partial charge on any atom is -0.0189 e. The Labute approximate surface area is 85.0 Å². The Morgan fingerprint density at radius 2 is 1.71 bits per heavy atom. The van der Waals surface area contributed by atoms with Gasteiger partial charge in [-0.05, 0) is 47.9 Å². The van der Waals surface area contributed by atoms with Crippen LogP contribution in [0.2, 0.25) is 0 Å². The number of aryl methyl sites for hydroxylation is 1. The van der Waals surface area contributed by atoms with Crippen LogP contribution in [0.15, 0.2) is 24.3 Å². The molecule has 0 bridgehead atoms. The molecule has 0 fully saturated rings. The van der Waals surface area contributed by atoms with E-state index < -0.39 is 0 Å². The van der Waals surface area contributed by atoms with Gasteiger partial charge in [-0.25, -0.2) is 0 Å². The van der Waals surface area contributed by atoms with Gasteiger partial charge in [0.15, 0.2) is 0 Å². The highest BCUT2D eigenvalue weighted by atomic mass is 14.2. The van der Waals surface area contributed by atoms with Crippen molar-refractivity contribution >= 4 is 12.2 Å². The van der Waals surface area contributed by atoms with E-state index in [0.29, 0.717) is 0 Å². The molecule has 0 radical (unpaired) electrons. The van der Waals surface area contributed by atoms with Gasteiger partial charge in [-0.3, -0.25) is 0 Å². The summed E-state index contributed by atoms with van der Waals surface area (Å²) in [4.78, 5) is 0. The van der Waals surface area contributed by atoms with Crippen LogP contribution in [-0.4, -0.2) is 0 Å². The lowest BCUT2D eigenvalue weighted by Crippen LogP contribution is -2.03. The molecule has 70 valence electrons. The Hall–Kier alpha value is -1.30. The Morgan fingerprint density at radius 1 is 0.857 bits per heavy atom. The van der Waals surface area contributed by atoms with Crippen molar-refractivity contribution in [3.05, 3.63) is 46.5 Å². The molecule has 0 N–H and O–H groups in total. The summed E-state index contributed by atoms with van der Waals surface area (Å²) in [6.45, 7) is 0. The topological polar surface area (TPSA) is 0 Å². The number of benzene rings is 1. The summed E-state index contributed by atoms with van der Waals surface area (Å²) < 4.78 is 0. The highest BCUT2D eigenvalue weighted by Crippen LogP contribution is 2.29. The lowest BCUT2D eigenvalue weighted by atomic mass is 9.86. The Bertz CT molecular complexity index is 422. The molecule has 0 aromatic heterocycles. The summed E-state index contributed by atoms with van der Waals surface area (Å²) in [5, 5.41) is 0. The van der Waals surface area contributed by atoms with E-state index in [1.165, 1.54) is 36.8 Å². The summed E-state index contributed by atoms with van der Waals surface area (Å²) in [5.41, 5.74) is 6.06. The molecule has 0 amide bonds. The van der Waals surface area contributed by atoms with Crippen LogP contribution in [0.3, 0.4) is 0 Å². The molecule has 0 nitrogen and oxygen atoms in total. The maximum atomic E-state index is 2.32. The van der Waals surface area contributed by atoms with Crippen molar-refractivity contribution in [1.82, 2.24) is 0 Å². The summed E-state index contributed by atoms with van der Waals surface area (Å²) in [6.07, 6.45) is 14.0. The Balaban J connectivity index is 2.24. The van der Waals surface area contributed by atoms with Gasteiger partial charge >= 0.3 is 0 Å². The number of allylic oxidation sites excluding steroid dienone is 2. The van der Waals surface area contributed by atoms with Crippen LogP contribution in [-0.2, 0) is 12.8 Å². The molecule has 1 aromatic carbocycles. The molecule has 3 rings (SSSR count). The SMILES string of the molecule is C1=Cc2c(ccc3c2CCC=C3)CC1. The van der Waals surface area contributed by atoms with Crippen LogP contribution in [0.1, 0.15) is 35.1 Å². The second-order valence-electron chi connectivity index (χ2n) is 4.09. The van der Waals surface area contributed by atoms with E-state index in [1.54, 1.807) is 11.1 Å². The third-order valence-electron chi connectivity index (χ3n) is 3.21. The lowest BCUT2D eigenvalue weighted by molar-refractivity contribution is 0.938. The fourth-order valence-electron chi connectivity index (χ4n) is 2.47. The summed E-state index contributed by atoms with van der Waals surface area (Å²) >= 11 is 0. The van der Waals surface area contributed by atoms with Crippen molar-refractivity contribution in [3.63, 3.8) is 0 Å². The zero-order chi connectivity index (χ0) is 9.38. The van der Waals surface area contributed by atoms with Crippen molar-refractivity contribution in [2.45, 2.75) is 25.7 Å². The molecule has 0 spiro atoms. The van der Waals surface area contributed by atoms with Gasteiger partial charge in [-0.15, -0.1) is 0 Å². The Morgan fingerprint density at radius 3 is 2.71 bits per heavy atom. The molecule has 0 unspecified atom stereocenters. The molecule has 0 heteroatoms. The van der Waals surface area contributed by atoms with E-state index in [-0.39, 0.29) is 0 Å². The smallest absolute Gasteiger partial charge is 0.0189 e. The zero-order valence-corrected chi connectivity index (χ0v) is 8.29. The first kappa shape index (κ1) is 8.05. The second-order valence-corrected chi connectivity index (χ2v) is 4.09. The first-order valence-corrected chi connectivity index (χ1v) is 5.43. The molecule has 2 aliphatic rings. The third-order valence-corrected chi connectivity index (χ3v) is 3.21. The molecule has 0 heterocycles. The Kier molecular flexibility index (Phi) is 1.80. The minimum absolute atomic E-state index is 1.21. The molecule has 1 aromatic rings. The highest BCUT2D eigenvalue weighted by Gasteiger charge is 2.13. The van der Waals surface area contributed by atoms with Gasteiger partial charge in [0.05, 0.1) is 0 Å². The molecule has 14 heavy (non-hydrogen) atoms. The number of hydrogen-bond donors (Lipinski definition) is 0. The van der Waals surface area contributed by atoms with Crippen LogP contribution >= 0.6 is 0 Å². The summed E-state index contributed by atoms with van der Waals surface area (Å²) in [5.74, 6) is 0. The van der Waals surface area contributed by atoms with Crippen LogP contribution in [0.5, 0.6) is 0 Å². The normalized spacial score (nSPS) is 17.7. The van der Waals surface area contributed by atoms with Crippen molar-refractivity contribution in [2.75, 3.05) is 0 Å². The maximum absolute atomic E-state index is 2.32. The number of rotatable bonds is 0. The fourth-order valence-corrected chi connectivity index (χ4v) is 2.47. The van der Waals surface area contributed by atoms with Crippen molar-refractivity contribution in [1.29, 1.82) is 0 Å². The fraction of sp³-hybridized carbons (Fsp3) is 0.286. The van der Waals surface area contributed by atoms with Gasteiger partial charge in [0.2, 0.25) is 0 Å². The van der Waals surface area contributed by atoms with E-state index in [4.69, 9.17) is 0 Å². The van der Waals surface area contributed by atoms with E-state index in [0.717, 1.165) is 0 Å². The number of fused-ring (bicyclic) bond motifs is 3. The first-order valence-electron chi connectivity index (χ1n) is 5.43. The highest BCUT2D eigenvalue weighted by molar-refractivity contribution is 5.68. The van der Waals surface area contributed by atoms with Gasteiger partial charge in [0.25, 0.3) is 0 Å². The minimum atomic E-state index is 1.21.